The van der Waals surface area contributed by atoms with Gasteiger partial charge in [0, 0.05) is 10.6 Å². The van der Waals surface area contributed by atoms with Gasteiger partial charge >= 0.3 is 0 Å². The SMILES string of the molecule is CCCOc1ccc(C(=O)Nc2ccc(Cl)cc2N)cc1. The molecule has 110 valence electrons. The van der Waals surface area contributed by atoms with E-state index in [-0.39, 0.29) is 5.91 Å². The topological polar surface area (TPSA) is 64.3 Å². The number of rotatable bonds is 5. The largest absolute Gasteiger partial charge is 0.494 e. The molecule has 1 amide bonds. The molecule has 2 rings (SSSR count). The molecule has 0 radical (unpaired) electrons. The van der Waals surface area contributed by atoms with Gasteiger partial charge in [-0.05, 0) is 48.9 Å². The van der Waals surface area contributed by atoms with Gasteiger partial charge in [0.15, 0.2) is 0 Å². The van der Waals surface area contributed by atoms with Crippen LogP contribution in [-0.4, -0.2) is 12.5 Å². The number of nitrogens with two attached hydrogens (primary N) is 1. The maximum Gasteiger partial charge on any atom is 0.255 e. The summed E-state index contributed by atoms with van der Waals surface area (Å²) in [6.07, 6.45) is 0.943. The van der Waals surface area contributed by atoms with E-state index in [0.29, 0.717) is 28.6 Å². The van der Waals surface area contributed by atoms with E-state index in [1.807, 2.05) is 6.92 Å². The fourth-order valence-corrected chi connectivity index (χ4v) is 1.94. The third-order valence-corrected chi connectivity index (χ3v) is 3.09. The molecule has 0 aliphatic carbocycles. The minimum atomic E-state index is -0.230. The lowest BCUT2D eigenvalue weighted by molar-refractivity contribution is 0.102. The van der Waals surface area contributed by atoms with Crippen LogP contribution in [0.3, 0.4) is 0 Å². The number of carbonyl (C=O) groups is 1. The molecule has 2 aromatic rings. The predicted octanol–water partition coefficient (Wildman–Crippen LogP) is 3.96. The second-order valence-corrected chi connectivity index (χ2v) is 4.99. The summed E-state index contributed by atoms with van der Waals surface area (Å²) in [5.74, 6) is 0.519. The van der Waals surface area contributed by atoms with Crippen molar-refractivity contribution in [3.8, 4) is 5.75 Å². The molecule has 0 spiro atoms. The van der Waals surface area contributed by atoms with Crippen LogP contribution in [0.25, 0.3) is 0 Å². The summed E-state index contributed by atoms with van der Waals surface area (Å²) in [6.45, 7) is 2.70. The van der Waals surface area contributed by atoms with Crippen molar-refractivity contribution >= 4 is 28.9 Å². The molecule has 0 atom stereocenters. The molecule has 2 aromatic carbocycles. The number of amides is 1. The number of hydrogen-bond acceptors (Lipinski definition) is 3. The minimum absolute atomic E-state index is 0.230. The number of nitrogen functional groups attached to an aromatic ring is 1. The molecule has 3 N–H and O–H groups in total. The molecule has 0 heterocycles. The number of halogens is 1. The van der Waals surface area contributed by atoms with E-state index in [9.17, 15) is 4.79 Å². The molecule has 4 nitrogen and oxygen atoms in total. The van der Waals surface area contributed by atoms with Gasteiger partial charge in [-0.2, -0.15) is 0 Å². The lowest BCUT2D eigenvalue weighted by atomic mass is 10.2. The summed E-state index contributed by atoms with van der Waals surface area (Å²) < 4.78 is 5.47. The molecule has 0 aliphatic heterocycles. The Morgan fingerprint density at radius 1 is 1.24 bits per heavy atom. The lowest BCUT2D eigenvalue weighted by Crippen LogP contribution is -2.13. The molecular formula is C16H17ClN2O2. The first-order chi connectivity index (χ1) is 10.1. The summed E-state index contributed by atoms with van der Waals surface area (Å²) in [4.78, 5) is 12.1. The number of carbonyl (C=O) groups excluding carboxylic acids is 1. The Labute approximate surface area is 128 Å². The molecule has 0 unspecified atom stereocenters. The molecule has 5 heteroatoms. The van der Waals surface area contributed by atoms with E-state index >= 15 is 0 Å². The third kappa shape index (κ3) is 4.13. The number of anilines is 2. The van der Waals surface area contributed by atoms with Gasteiger partial charge in [0.05, 0.1) is 18.0 Å². The zero-order valence-electron chi connectivity index (χ0n) is 11.7. The van der Waals surface area contributed by atoms with Crippen LogP contribution in [0.1, 0.15) is 23.7 Å². The van der Waals surface area contributed by atoms with Crippen molar-refractivity contribution in [1.29, 1.82) is 0 Å². The maximum absolute atomic E-state index is 12.1. The first-order valence-electron chi connectivity index (χ1n) is 6.69. The quantitative estimate of drug-likeness (QED) is 0.822. The standard InChI is InChI=1S/C16H17ClN2O2/c1-2-9-21-13-6-3-11(4-7-13)16(20)19-15-8-5-12(17)10-14(15)18/h3-8,10H,2,9,18H2,1H3,(H,19,20). The highest BCUT2D eigenvalue weighted by Gasteiger charge is 2.08. The molecule has 0 bridgehead atoms. The molecule has 0 fully saturated rings. The van der Waals surface area contributed by atoms with E-state index < -0.39 is 0 Å². The highest BCUT2D eigenvalue weighted by atomic mass is 35.5. The second kappa shape index (κ2) is 6.99. The molecule has 0 saturated heterocycles. The highest BCUT2D eigenvalue weighted by molar-refractivity contribution is 6.31. The van der Waals surface area contributed by atoms with Crippen molar-refractivity contribution < 1.29 is 9.53 Å². The summed E-state index contributed by atoms with van der Waals surface area (Å²) in [6, 6.07) is 11.9. The highest BCUT2D eigenvalue weighted by Crippen LogP contribution is 2.23. The Bertz CT molecular complexity index is 627. The first kappa shape index (κ1) is 15.2. The first-order valence-corrected chi connectivity index (χ1v) is 7.07. The van der Waals surface area contributed by atoms with Crippen molar-refractivity contribution in [3.05, 3.63) is 53.1 Å². The van der Waals surface area contributed by atoms with Crippen LogP contribution < -0.4 is 15.8 Å². The fraction of sp³-hybridized carbons (Fsp3) is 0.188. The van der Waals surface area contributed by atoms with Crippen molar-refractivity contribution in [3.63, 3.8) is 0 Å². The van der Waals surface area contributed by atoms with Crippen LogP contribution in [0.15, 0.2) is 42.5 Å². The van der Waals surface area contributed by atoms with E-state index in [4.69, 9.17) is 22.1 Å². The molecule has 0 aromatic heterocycles. The number of nitrogens with one attached hydrogen (secondary N) is 1. The van der Waals surface area contributed by atoms with Gasteiger partial charge in [-0.1, -0.05) is 18.5 Å². The van der Waals surface area contributed by atoms with Crippen molar-refractivity contribution in [2.24, 2.45) is 0 Å². The van der Waals surface area contributed by atoms with Crippen molar-refractivity contribution in [2.75, 3.05) is 17.7 Å². The van der Waals surface area contributed by atoms with E-state index in [2.05, 4.69) is 5.32 Å². The normalized spacial score (nSPS) is 10.2. The summed E-state index contributed by atoms with van der Waals surface area (Å²) in [5.41, 5.74) is 7.31. The molecule has 0 aliphatic rings. The van der Waals surface area contributed by atoms with Crippen LogP contribution >= 0.6 is 11.6 Å². The molecule has 0 saturated carbocycles. The van der Waals surface area contributed by atoms with Gasteiger partial charge in [-0.25, -0.2) is 0 Å². The second-order valence-electron chi connectivity index (χ2n) is 4.56. The van der Waals surface area contributed by atoms with E-state index in [1.54, 1.807) is 42.5 Å². The Morgan fingerprint density at radius 3 is 2.57 bits per heavy atom. The average molecular weight is 305 g/mol. The Hall–Kier alpha value is -2.20. The summed E-state index contributed by atoms with van der Waals surface area (Å²) in [5, 5.41) is 3.28. The van der Waals surface area contributed by atoms with Crippen LogP contribution in [-0.2, 0) is 0 Å². The van der Waals surface area contributed by atoms with E-state index in [0.717, 1.165) is 12.2 Å². The fourth-order valence-electron chi connectivity index (χ4n) is 1.76. The van der Waals surface area contributed by atoms with Gasteiger partial charge < -0.3 is 15.8 Å². The molecule has 21 heavy (non-hydrogen) atoms. The number of benzene rings is 2. The number of hydrogen-bond donors (Lipinski definition) is 2. The predicted molar refractivity (Wildman–Crippen MR) is 86.0 cm³/mol. The van der Waals surface area contributed by atoms with Crippen LogP contribution in [0, 0.1) is 0 Å². The monoisotopic (exact) mass is 304 g/mol. The molecular weight excluding hydrogens is 288 g/mol. The summed E-state index contributed by atoms with van der Waals surface area (Å²) >= 11 is 5.82. The summed E-state index contributed by atoms with van der Waals surface area (Å²) in [7, 11) is 0. The Morgan fingerprint density at radius 2 is 1.95 bits per heavy atom. The van der Waals surface area contributed by atoms with Gasteiger partial charge in [0.25, 0.3) is 5.91 Å². The average Bonchev–Trinajstić information content (AvgIpc) is 2.48. The van der Waals surface area contributed by atoms with Crippen LogP contribution in [0.2, 0.25) is 5.02 Å². The smallest absolute Gasteiger partial charge is 0.255 e. The van der Waals surface area contributed by atoms with Crippen LogP contribution in [0.5, 0.6) is 5.75 Å². The van der Waals surface area contributed by atoms with Crippen molar-refractivity contribution in [2.45, 2.75) is 13.3 Å². The van der Waals surface area contributed by atoms with Gasteiger partial charge in [0.2, 0.25) is 0 Å². The minimum Gasteiger partial charge on any atom is -0.494 e. The van der Waals surface area contributed by atoms with Gasteiger partial charge in [0.1, 0.15) is 5.75 Å². The van der Waals surface area contributed by atoms with Crippen molar-refractivity contribution in [1.82, 2.24) is 0 Å². The third-order valence-electron chi connectivity index (χ3n) is 2.85. The Balaban J connectivity index is 2.06. The lowest BCUT2D eigenvalue weighted by Gasteiger charge is -2.09. The van der Waals surface area contributed by atoms with Crippen LogP contribution in [0.4, 0.5) is 11.4 Å². The maximum atomic E-state index is 12.1. The zero-order valence-corrected chi connectivity index (χ0v) is 12.5. The van der Waals surface area contributed by atoms with E-state index in [1.165, 1.54) is 0 Å². The zero-order chi connectivity index (χ0) is 15.2. The Kier molecular flexibility index (Phi) is 5.06. The number of ether oxygens (including phenoxy) is 1. The van der Waals surface area contributed by atoms with Gasteiger partial charge in [-0.3, -0.25) is 4.79 Å². The van der Waals surface area contributed by atoms with Gasteiger partial charge in [-0.15, -0.1) is 0 Å².